The fourth-order valence-electron chi connectivity index (χ4n) is 5.63. The molecule has 1 unspecified atom stereocenters. The van der Waals surface area contributed by atoms with Crippen molar-refractivity contribution in [3.05, 3.63) is 69.5 Å². The molecule has 206 valence electrons. The number of carboxylic acid groups (broad SMARTS) is 1. The van der Waals surface area contributed by atoms with Gasteiger partial charge < -0.3 is 14.9 Å². The number of carboxylic acids is 1. The lowest BCUT2D eigenvalue weighted by Crippen LogP contribution is -2.58. The van der Waals surface area contributed by atoms with Gasteiger partial charge in [0.25, 0.3) is 15.9 Å². The average molecular weight is 595 g/mol. The van der Waals surface area contributed by atoms with Gasteiger partial charge >= 0.3 is 5.97 Å². The van der Waals surface area contributed by atoms with Crippen LogP contribution in [0.5, 0.6) is 5.75 Å². The smallest absolute Gasteiger partial charge is 0.321 e. The molecule has 0 saturated carbocycles. The molecule has 2 aromatic carbocycles. The first-order valence-electron chi connectivity index (χ1n) is 11.8. The molecule has 5 rings (SSSR count). The standard InChI is InChI=1S/C25H24Cl2N4O7S/c1-13-21(22(27)29(2)28-13)39(36,37)31-18-9-8-14(26)10-17(18)25(24(31)35,16-6-4-5-7-20(16)38-3)30-12-15(32)11-19(30)23(33)34/h4-10,15,19,32H,11-12H2,1-3H3,(H,33,34)/t15-,19+,25?/m1/s1. The largest absolute Gasteiger partial charge is 0.496 e. The number of benzene rings is 2. The second-order valence-corrected chi connectivity index (χ2v) is 11.9. The van der Waals surface area contributed by atoms with Gasteiger partial charge in [0.2, 0.25) is 0 Å². The number of para-hydroxylation sites is 1. The number of aryl methyl sites for hydroxylation is 2. The maximum Gasteiger partial charge on any atom is 0.321 e. The summed E-state index contributed by atoms with van der Waals surface area (Å²) in [4.78, 5) is 28.2. The lowest BCUT2D eigenvalue weighted by Gasteiger charge is -2.40. The summed E-state index contributed by atoms with van der Waals surface area (Å²) in [6.45, 7) is 1.21. The zero-order valence-corrected chi connectivity index (χ0v) is 23.3. The molecular formula is C25H24Cl2N4O7S. The molecule has 0 bridgehead atoms. The summed E-state index contributed by atoms with van der Waals surface area (Å²) in [6, 6.07) is 9.32. The van der Waals surface area contributed by atoms with Crippen LogP contribution < -0.4 is 9.04 Å². The van der Waals surface area contributed by atoms with Crippen molar-refractivity contribution in [2.45, 2.75) is 35.9 Å². The van der Waals surface area contributed by atoms with Crippen molar-refractivity contribution >= 4 is 50.8 Å². The Hall–Kier alpha value is -3.16. The number of halogens is 2. The predicted molar refractivity (Wildman–Crippen MR) is 142 cm³/mol. The molecule has 3 aromatic rings. The molecule has 3 heterocycles. The SMILES string of the molecule is COc1ccccc1C1(N2C[C@H](O)C[C@H]2C(=O)O)C(=O)N(S(=O)(=O)c2c(C)nn(C)c2Cl)c2ccc(Cl)cc21. The second kappa shape index (κ2) is 9.49. The Balaban J connectivity index is 1.90. The van der Waals surface area contributed by atoms with Gasteiger partial charge in [0.05, 0.1) is 24.6 Å². The molecule has 2 aliphatic heterocycles. The summed E-state index contributed by atoms with van der Waals surface area (Å²) in [5.41, 5.74) is -1.72. The number of nitrogens with zero attached hydrogens (tertiary/aromatic N) is 4. The number of carbonyl (C=O) groups is 2. The quantitative estimate of drug-likeness (QED) is 0.440. The fourth-order valence-corrected chi connectivity index (χ4v) is 7.98. The lowest BCUT2D eigenvalue weighted by molar-refractivity contribution is -0.145. The maximum absolute atomic E-state index is 14.8. The molecule has 11 nitrogen and oxygen atoms in total. The number of aromatic nitrogens is 2. The van der Waals surface area contributed by atoms with Gasteiger partial charge in [-0.05, 0) is 31.2 Å². The highest BCUT2D eigenvalue weighted by atomic mass is 35.5. The van der Waals surface area contributed by atoms with E-state index in [0.29, 0.717) is 4.31 Å². The Morgan fingerprint density at radius 3 is 2.49 bits per heavy atom. The molecule has 2 aliphatic rings. The van der Waals surface area contributed by atoms with Crippen LogP contribution in [0.15, 0.2) is 47.4 Å². The number of ether oxygens (including phenoxy) is 1. The number of rotatable bonds is 6. The molecule has 0 spiro atoms. The summed E-state index contributed by atoms with van der Waals surface area (Å²) in [5, 5.41) is 24.8. The Morgan fingerprint density at radius 1 is 1.18 bits per heavy atom. The number of hydrogen-bond acceptors (Lipinski definition) is 8. The Kier molecular flexibility index (Phi) is 6.67. The molecule has 3 atom stereocenters. The molecule has 2 N–H and O–H groups in total. The van der Waals surface area contributed by atoms with Crippen LogP contribution >= 0.6 is 23.2 Å². The van der Waals surface area contributed by atoms with Crippen molar-refractivity contribution in [1.29, 1.82) is 0 Å². The van der Waals surface area contributed by atoms with Crippen LogP contribution in [0.1, 0.15) is 23.2 Å². The molecule has 0 aliphatic carbocycles. The van der Waals surface area contributed by atoms with E-state index in [-0.39, 0.29) is 56.3 Å². The van der Waals surface area contributed by atoms with Crippen LogP contribution in [0.4, 0.5) is 5.69 Å². The minimum atomic E-state index is -4.69. The number of anilines is 1. The highest BCUT2D eigenvalue weighted by Gasteiger charge is 2.64. The molecule has 39 heavy (non-hydrogen) atoms. The number of methoxy groups -OCH3 is 1. The third-order valence-corrected chi connectivity index (χ3v) is 9.78. The Morgan fingerprint density at radius 2 is 1.87 bits per heavy atom. The van der Waals surface area contributed by atoms with Crippen molar-refractivity contribution in [2.24, 2.45) is 7.05 Å². The monoisotopic (exact) mass is 594 g/mol. The molecule has 14 heteroatoms. The second-order valence-electron chi connectivity index (χ2n) is 9.37. The van der Waals surface area contributed by atoms with Crippen molar-refractivity contribution in [3.8, 4) is 5.75 Å². The topological polar surface area (TPSA) is 142 Å². The summed E-state index contributed by atoms with van der Waals surface area (Å²) in [6.07, 6.45) is -1.29. The number of likely N-dealkylation sites (tertiary alicyclic amines) is 1. The highest BCUT2D eigenvalue weighted by Crippen LogP contribution is 2.55. The van der Waals surface area contributed by atoms with E-state index in [1.54, 1.807) is 24.3 Å². The van der Waals surface area contributed by atoms with Crippen LogP contribution in [0.2, 0.25) is 10.2 Å². The zero-order valence-electron chi connectivity index (χ0n) is 21.0. The van der Waals surface area contributed by atoms with Gasteiger partial charge in [0.1, 0.15) is 21.8 Å². The minimum Gasteiger partial charge on any atom is -0.496 e. The Labute approximate surface area is 234 Å². The van der Waals surface area contributed by atoms with E-state index >= 15 is 0 Å². The molecular weight excluding hydrogens is 571 g/mol. The third kappa shape index (κ3) is 3.85. The van der Waals surface area contributed by atoms with E-state index in [4.69, 9.17) is 27.9 Å². The number of aliphatic hydroxyl groups is 1. The molecule has 1 fully saturated rings. The van der Waals surface area contributed by atoms with E-state index < -0.39 is 39.6 Å². The molecule has 0 radical (unpaired) electrons. The molecule has 1 amide bonds. The normalized spacial score (nSPS) is 23.3. The predicted octanol–water partition coefficient (Wildman–Crippen LogP) is 2.54. The number of aliphatic hydroxyl groups excluding tert-OH is 1. The average Bonchev–Trinajstić information content (AvgIpc) is 3.48. The van der Waals surface area contributed by atoms with Gasteiger partial charge in [-0.25, -0.2) is 12.7 Å². The van der Waals surface area contributed by atoms with E-state index in [0.717, 1.165) is 0 Å². The van der Waals surface area contributed by atoms with Gasteiger partial charge in [-0.15, -0.1) is 0 Å². The number of aliphatic carboxylic acids is 1. The van der Waals surface area contributed by atoms with Crippen LogP contribution in [0.3, 0.4) is 0 Å². The van der Waals surface area contributed by atoms with E-state index in [1.807, 2.05) is 0 Å². The van der Waals surface area contributed by atoms with Crippen LogP contribution in [0.25, 0.3) is 0 Å². The molecule has 1 aromatic heterocycles. The van der Waals surface area contributed by atoms with Crippen LogP contribution in [0, 0.1) is 6.92 Å². The Bertz CT molecular complexity index is 1630. The zero-order chi connectivity index (χ0) is 28.4. The van der Waals surface area contributed by atoms with Crippen molar-refractivity contribution < 1.29 is 33.0 Å². The van der Waals surface area contributed by atoms with Crippen molar-refractivity contribution in [3.63, 3.8) is 0 Å². The minimum absolute atomic E-state index is 0.0415. The van der Waals surface area contributed by atoms with E-state index in [9.17, 15) is 28.2 Å². The summed E-state index contributed by atoms with van der Waals surface area (Å²) < 4.78 is 35.8. The highest BCUT2D eigenvalue weighted by molar-refractivity contribution is 7.93. The van der Waals surface area contributed by atoms with Crippen molar-refractivity contribution in [1.82, 2.24) is 14.7 Å². The maximum atomic E-state index is 14.8. The number of carbonyl (C=O) groups excluding carboxylic acids is 1. The van der Waals surface area contributed by atoms with Gasteiger partial charge in [-0.2, -0.15) is 5.10 Å². The van der Waals surface area contributed by atoms with E-state index in [1.165, 1.54) is 48.9 Å². The van der Waals surface area contributed by atoms with Gasteiger partial charge in [0, 0.05) is 36.2 Å². The number of hydrogen-bond donors (Lipinski definition) is 2. The number of sulfonamides is 1. The summed E-state index contributed by atoms with van der Waals surface area (Å²) in [7, 11) is -1.84. The molecule has 1 saturated heterocycles. The van der Waals surface area contributed by atoms with E-state index in [2.05, 4.69) is 5.10 Å². The number of amides is 1. The van der Waals surface area contributed by atoms with Gasteiger partial charge in [-0.3, -0.25) is 19.2 Å². The van der Waals surface area contributed by atoms with Crippen LogP contribution in [-0.4, -0.2) is 71.0 Å². The van der Waals surface area contributed by atoms with Gasteiger partial charge in [-0.1, -0.05) is 41.4 Å². The summed E-state index contributed by atoms with van der Waals surface area (Å²) in [5.74, 6) is -2.08. The number of β-amino-alcohol motifs (C(OH)–C–C–N with tert-alkyl or cyclic N) is 1. The summed E-state index contributed by atoms with van der Waals surface area (Å²) >= 11 is 12.7. The fraction of sp³-hybridized carbons (Fsp3) is 0.320. The third-order valence-electron chi connectivity index (χ3n) is 7.15. The van der Waals surface area contributed by atoms with Crippen molar-refractivity contribution in [2.75, 3.05) is 18.0 Å². The lowest BCUT2D eigenvalue weighted by atomic mass is 9.81. The first-order valence-corrected chi connectivity index (χ1v) is 14.0. The van der Waals surface area contributed by atoms with Crippen LogP contribution in [-0.2, 0) is 32.2 Å². The first-order chi connectivity index (χ1) is 18.4. The first kappa shape index (κ1) is 27.4. The van der Waals surface area contributed by atoms with Gasteiger partial charge in [0.15, 0.2) is 5.54 Å². The number of fused-ring (bicyclic) bond motifs is 1.